The summed E-state index contributed by atoms with van der Waals surface area (Å²) in [6, 6.07) is 9.81. The molecule has 5 heteroatoms. The molecule has 2 rings (SSSR count). The molecule has 0 aliphatic carbocycles. The van der Waals surface area contributed by atoms with Crippen LogP contribution in [0, 0.1) is 0 Å². The summed E-state index contributed by atoms with van der Waals surface area (Å²) in [5.74, 6) is 0.732. The average molecular weight is 282 g/mol. The second kappa shape index (κ2) is 6.07. The van der Waals surface area contributed by atoms with Gasteiger partial charge in [-0.1, -0.05) is 29.8 Å². The lowest BCUT2D eigenvalue weighted by molar-refractivity contribution is -0.137. The topological polar surface area (TPSA) is 39.2 Å². The van der Waals surface area contributed by atoms with Gasteiger partial charge < -0.3 is 4.74 Å². The first-order valence-corrected chi connectivity index (χ1v) is 6.92. The Bertz CT molecular complexity index is 574. The van der Waals surface area contributed by atoms with Crippen molar-refractivity contribution < 1.29 is 9.53 Å². The van der Waals surface area contributed by atoms with Crippen molar-refractivity contribution in [1.82, 2.24) is 4.98 Å². The molecular weight excluding hydrogens is 270 g/mol. The van der Waals surface area contributed by atoms with Gasteiger partial charge in [0, 0.05) is 16.7 Å². The van der Waals surface area contributed by atoms with E-state index < -0.39 is 0 Å². The molecule has 2 aromatic rings. The van der Waals surface area contributed by atoms with Gasteiger partial charge in [0.1, 0.15) is 5.15 Å². The Morgan fingerprint density at radius 2 is 2.22 bits per heavy atom. The molecule has 1 aromatic heterocycles. The van der Waals surface area contributed by atoms with Crippen molar-refractivity contribution in [3.8, 4) is 0 Å². The molecule has 3 nitrogen and oxygen atoms in total. The average Bonchev–Trinajstić information content (AvgIpc) is 2.39. The monoisotopic (exact) mass is 281 g/mol. The van der Waals surface area contributed by atoms with Crippen molar-refractivity contribution in [2.45, 2.75) is 5.75 Å². The van der Waals surface area contributed by atoms with Crippen LogP contribution < -0.4 is 0 Å². The molecular formula is C13H12ClNO2S. The van der Waals surface area contributed by atoms with E-state index in [4.69, 9.17) is 11.6 Å². The van der Waals surface area contributed by atoms with Crippen molar-refractivity contribution in [2.75, 3.05) is 12.9 Å². The minimum absolute atomic E-state index is 0.232. The predicted octanol–water partition coefficient (Wildman–Crippen LogP) is 3.29. The fourth-order valence-corrected chi connectivity index (χ4v) is 2.66. The number of fused-ring (bicyclic) bond motifs is 1. The molecule has 1 heterocycles. The summed E-state index contributed by atoms with van der Waals surface area (Å²) in [6.45, 7) is 0. The highest BCUT2D eigenvalue weighted by atomic mass is 35.5. The third-order valence-electron chi connectivity index (χ3n) is 2.46. The van der Waals surface area contributed by atoms with Gasteiger partial charge in [0.25, 0.3) is 0 Å². The Morgan fingerprint density at radius 1 is 1.44 bits per heavy atom. The normalized spacial score (nSPS) is 10.6. The Kier molecular flexibility index (Phi) is 4.44. The van der Waals surface area contributed by atoms with Gasteiger partial charge in [-0.3, -0.25) is 4.79 Å². The van der Waals surface area contributed by atoms with E-state index in [1.165, 1.54) is 18.9 Å². The number of aromatic nitrogens is 1. The van der Waals surface area contributed by atoms with Crippen LogP contribution in [0.25, 0.3) is 10.9 Å². The van der Waals surface area contributed by atoms with Crippen LogP contribution in [0.5, 0.6) is 0 Å². The first-order chi connectivity index (χ1) is 8.70. The fourth-order valence-electron chi connectivity index (χ4n) is 1.54. The van der Waals surface area contributed by atoms with Crippen LogP contribution in [0.15, 0.2) is 30.3 Å². The molecule has 0 saturated carbocycles. The lowest BCUT2D eigenvalue weighted by atomic mass is 10.2. The van der Waals surface area contributed by atoms with Crippen LogP contribution in [0.1, 0.15) is 5.56 Å². The summed E-state index contributed by atoms with van der Waals surface area (Å²) >= 11 is 7.57. The van der Waals surface area contributed by atoms with Gasteiger partial charge in [-0.15, -0.1) is 11.8 Å². The number of hydrogen-bond acceptors (Lipinski definition) is 4. The van der Waals surface area contributed by atoms with Gasteiger partial charge in [-0.2, -0.15) is 0 Å². The highest BCUT2D eigenvalue weighted by Crippen LogP contribution is 2.24. The van der Waals surface area contributed by atoms with Crippen LogP contribution in [0.3, 0.4) is 0 Å². The van der Waals surface area contributed by atoms with Gasteiger partial charge in [0.2, 0.25) is 0 Å². The van der Waals surface area contributed by atoms with E-state index in [1.807, 2.05) is 30.3 Å². The van der Waals surface area contributed by atoms with E-state index in [9.17, 15) is 4.79 Å². The van der Waals surface area contributed by atoms with E-state index in [-0.39, 0.29) is 5.97 Å². The van der Waals surface area contributed by atoms with Gasteiger partial charge in [-0.05, 0) is 12.1 Å². The first-order valence-electron chi connectivity index (χ1n) is 5.39. The summed E-state index contributed by atoms with van der Waals surface area (Å²) < 4.78 is 4.58. The molecule has 0 bridgehead atoms. The molecule has 18 heavy (non-hydrogen) atoms. The number of hydrogen-bond donors (Lipinski definition) is 0. The summed E-state index contributed by atoms with van der Waals surface area (Å²) in [7, 11) is 1.38. The number of para-hydroxylation sites is 1. The molecule has 0 aliphatic rings. The predicted molar refractivity (Wildman–Crippen MR) is 74.9 cm³/mol. The Balaban J connectivity index is 2.13. The largest absolute Gasteiger partial charge is 0.468 e. The third kappa shape index (κ3) is 3.15. The quantitative estimate of drug-likeness (QED) is 0.637. The number of halogens is 1. The summed E-state index contributed by atoms with van der Waals surface area (Å²) in [5.41, 5.74) is 1.81. The Hall–Kier alpha value is -1.26. The fraction of sp³-hybridized carbons (Fsp3) is 0.231. The van der Waals surface area contributed by atoms with Crippen LogP contribution >= 0.6 is 23.4 Å². The van der Waals surface area contributed by atoms with Crippen molar-refractivity contribution in [3.05, 3.63) is 41.0 Å². The Labute approximate surface area is 114 Å². The standard InChI is InChI=1S/C13H12ClNO2S/c1-17-12(16)8-18-7-10-6-9-4-2-3-5-11(9)15-13(10)14/h2-6H,7-8H2,1H3. The number of benzene rings is 1. The zero-order chi connectivity index (χ0) is 13.0. The number of esters is 1. The van der Waals surface area contributed by atoms with E-state index in [1.54, 1.807) is 0 Å². The van der Waals surface area contributed by atoms with E-state index in [0.717, 1.165) is 16.5 Å². The summed E-state index contributed by atoms with van der Waals surface area (Å²) in [6.07, 6.45) is 0. The minimum atomic E-state index is -0.232. The van der Waals surface area contributed by atoms with Crippen molar-refractivity contribution in [1.29, 1.82) is 0 Å². The molecule has 0 fully saturated rings. The van der Waals surface area contributed by atoms with Crippen LogP contribution in [0.4, 0.5) is 0 Å². The zero-order valence-corrected chi connectivity index (χ0v) is 11.4. The summed E-state index contributed by atoms with van der Waals surface area (Å²) in [4.78, 5) is 15.3. The minimum Gasteiger partial charge on any atom is -0.468 e. The van der Waals surface area contributed by atoms with Gasteiger partial charge in [-0.25, -0.2) is 4.98 Å². The number of thioether (sulfide) groups is 1. The summed E-state index contributed by atoms with van der Waals surface area (Å²) in [5, 5.41) is 1.54. The van der Waals surface area contributed by atoms with Crippen LogP contribution in [-0.4, -0.2) is 23.8 Å². The molecule has 0 amide bonds. The van der Waals surface area contributed by atoms with Gasteiger partial charge in [0.05, 0.1) is 18.4 Å². The number of pyridine rings is 1. The zero-order valence-electron chi connectivity index (χ0n) is 9.85. The number of methoxy groups -OCH3 is 1. The molecule has 0 radical (unpaired) electrons. The SMILES string of the molecule is COC(=O)CSCc1cc2ccccc2nc1Cl. The van der Waals surface area contributed by atoms with Crippen LogP contribution in [-0.2, 0) is 15.3 Å². The number of ether oxygens (including phenoxy) is 1. The number of nitrogens with zero attached hydrogens (tertiary/aromatic N) is 1. The second-order valence-electron chi connectivity index (χ2n) is 3.70. The number of carbonyl (C=O) groups excluding carboxylic acids is 1. The maximum atomic E-state index is 11.0. The number of rotatable bonds is 4. The number of carbonyl (C=O) groups is 1. The van der Waals surface area contributed by atoms with Crippen molar-refractivity contribution >= 4 is 40.2 Å². The van der Waals surface area contributed by atoms with E-state index >= 15 is 0 Å². The van der Waals surface area contributed by atoms with Crippen molar-refractivity contribution in [3.63, 3.8) is 0 Å². The maximum Gasteiger partial charge on any atom is 0.315 e. The van der Waals surface area contributed by atoms with E-state index in [2.05, 4.69) is 9.72 Å². The van der Waals surface area contributed by atoms with Gasteiger partial charge >= 0.3 is 5.97 Å². The molecule has 0 spiro atoms. The van der Waals surface area contributed by atoms with E-state index in [0.29, 0.717) is 16.7 Å². The van der Waals surface area contributed by atoms with Gasteiger partial charge in [0.15, 0.2) is 0 Å². The molecule has 0 N–H and O–H groups in total. The Morgan fingerprint density at radius 3 is 3.00 bits per heavy atom. The molecule has 0 atom stereocenters. The molecule has 1 aromatic carbocycles. The first kappa shape index (κ1) is 13.2. The third-order valence-corrected chi connectivity index (χ3v) is 3.74. The molecule has 0 unspecified atom stereocenters. The molecule has 94 valence electrons. The lowest BCUT2D eigenvalue weighted by Gasteiger charge is -2.05. The molecule has 0 aliphatic heterocycles. The van der Waals surface area contributed by atoms with Crippen molar-refractivity contribution in [2.24, 2.45) is 0 Å². The molecule has 0 saturated heterocycles. The highest BCUT2D eigenvalue weighted by Gasteiger charge is 2.06. The van der Waals surface area contributed by atoms with Crippen LogP contribution in [0.2, 0.25) is 5.15 Å². The second-order valence-corrected chi connectivity index (χ2v) is 5.04. The maximum absolute atomic E-state index is 11.0. The highest BCUT2D eigenvalue weighted by molar-refractivity contribution is 7.99. The smallest absolute Gasteiger partial charge is 0.315 e. The lowest BCUT2D eigenvalue weighted by Crippen LogP contribution is -2.03.